The highest BCUT2D eigenvalue weighted by molar-refractivity contribution is 5.82. The minimum absolute atomic E-state index is 0.0751. The average molecular weight is 332 g/mol. The molecule has 0 saturated carbocycles. The van der Waals surface area contributed by atoms with Gasteiger partial charge in [0.1, 0.15) is 6.04 Å². The average Bonchev–Trinajstić information content (AvgIpc) is 2.58. The van der Waals surface area contributed by atoms with Gasteiger partial charge in [-0.1, -0.05) is 29.8 Å². The number of carbonyl (C=O) groups is 1. The third kappa shape index (κ3) is 5.89. The van der Waals surface area contributed by atoms with Crippen LogP contribution in [0.3, 0.4) is 0 Å². The monoisotopic (exact) mass is 332 g/mol. The molecule has 0 spiro atoms. The van der Waals surface area contributed by atoms with Crippen LogP contribution in [-0.2, 0) is 4.79 Å². The van der Waals surface area contributed by atoms with E-state index in [1.807, 2.05) is 31.2 Å². The third-order valence-corrected chi connectivity index (χ3v) is 4.85. The number of aryl methyl sites for hydroxylation is 1. The van der Waals surface area contributed by atoms with Crippen molar-refractivity contribution in [1.29, 1.82) is 0 Å². The molecule has 1 aliphatic rings. The zero-order valence-corrected chi connectivity index (χ0v) is 15.3. The van der Waals surface area contributed by atoms with Crippen LogP contribution in [0.25, 0.3) is 0 Å². The fourth-order valence-electron chi connectivity index (χ4n) is 3.04. The van der Waals surface area contributed by atoms with Gasteiger partial charge in [-0.05, 0) is 58.4 Å². The van der Waals surface area contributed by atoms with Crippen molar-refractivity contribution in [3.05, 3.63) is 35.4 Å². The molecular weight excluding hydrogens is 300 g/mol. The number of benzene rings is 1. The summed E-state index contributed by atoms with van der Waals surface area (Å²) in [5, 5.41) is 3.04. The van der Waals surface area contributed by atoms with Crippen LogP contribution in [0.4, 0.5) is 0 Å². The summed E-state index contributed by atoms with van der Waals surface area (Å²) >= 11 is 0. The number of carbonyl (C=O) groups excluding carboxylic acids is 1. The lowest BCUT2D eigenvalue weighted by molar-refractivity contribution is -0.122. The van der Waals surface area contributed by atoms with E-state index in [1.54, 1.807) is 0 Å². The van der Waals surface area contributed by atoms with Gasteiger partial charge in [-0.25, -0.2) is 0 Å². The van der Waals surface area contributed by atoms with Crippen LogP contribution < -0.4 is 11.1 Å². The third-order valence-electron chi connectivity index (χ3n) is 4.85. The minimum atomic E-state index is -0.578. The Morgan fingerprint density at radius 1 is 1.29 bits per heavy atom. The van der Waals surface area contributed by atoms with Crippen molar-refractivity contribution in [1.82, 2.24) is 15.1 Å². The summed E-state index contributed by atoms with van der Waals surface area (Å²) < 4.78 is 0. The summed E-state index contributed by atoms with van der Waals surface area (Å²) in [5.41, 5.74) is 8.11. The molecular formula is C19H32N4O. The van der Waals surface area contributed by atoms with Crippen LogP contribution in [0.2, 0.25) is 0 Å². The van der Waals surface area contributed by atoms with E-state index in [-0.39, 0.29) is 5.91 Å². The molecule has 1 saturated heterocycles. The zero-order chi connectivity index (χ0) is 17.5. The molecule has 1 unspecified atom stereocenters. The molecule has 1 fully saturated rings. The maximum Gasteiger partial charge on any atom is 0.241 e. The van der Waals surface area contributed by atoms with Gasteiger partial charge < -0.3 is 20.9 Å². The number of rotatable bonds is 7. The van der Waals surface area contributed by atoms with Crippen molar-refractivity contribution in [2.45, 2.75) is 25.8 Å². The van der Waals surface area contributed by atoms with Crippen molar-refractivity contribution in [3.63, 3.8) is 0 Å². The van der Waals surface area contributed by atoms with Gasteiger partial charge in [0, 0.05) is 19.6 Å². The van der Waals surface area contributed by atoms with Gasteiger partial charge in [-0.15, -0.1) is 0 Å². The molecule has 0 aliphatic carbocycles. The van der Waals surface area contributed by atoms with Gasteiger partial charge in [0.25, 0.3) is 0 Å². The molecule has 1 aliphatic heterocycles. The summed E-state index contributed by atoms with van der Waals surface area (Å²) in [5.74, 6) is 0.490. The highest BCUT2D eigenvalue weighted by Crippen LogP contribution is 2.17. The molecule has 1 heterocycles. The van der Waals surface area contributed by atoms with E-state index in [2.05, 4.69) is 29.2 Å². The number of nitrogens with two attached hydrogens (primary N) is 1. The van der Waals surface area contributed by atoms with E-state index in [0.29, 0.717) is 5.92 Å². The molecule has 1 aromatic rings. The second-order valence-electron chi connectivity index (χ2n) is 7.22. The van der Waals surface area contributed by atoms with Crippen LogP contribution in [-0.4, -0.2) is 62.5 Å². The van der Waals surface area contributed by atoms with E-state index in [0.717, 1.165) is 51.1 Å². The second-order valence-corrected chi connectivity index (χ2v) is 7.22. The quantitative estimate of drug-likeness (QED) is 0.792. The summed E-state index contributed by atoms with van der Waals surface area (Å²) in [7, 11) is 4.22. The van der Waals surface area contributed by atoms with Gasteiger partial charge in [0.15, 0.2) is 0 Å². The standard InChI is InChI=1S/C19H32N4O/c1-15-4-6-17(7-5-15)18(20)19(24)21-14-16-8-10-23(11-9-16)13-12-22(2)3/h4-7,16,18H,8-14,20H2,1-3H3,(H,21,24). The fourth-order valence-corrected chi connectivity index (χ4v) is 3.04. The molecule has 5 heteroatoms. The van der Waals surface area contributed by atoms with Crippen molar-refractivity contribution >= 4 is 5.91 Å². The first kappa shape index (κ1) is 18.9. The van der Waals surface area contributed by atoms with Crippen LogP contribution in [0, 0.1) is 12.8 Å². The molecule has 0 bridgehead atoms. The Bertz CT molecular complexity index is 507. The topological polar surface area (TPSA) is 61.6 Å². The van der Waals surface area contributed by atoms with Gasteiger partial charge >= 0.3 is 0 Å². The number of piperidine rings is 1. The second kappa shape index (κ2) is 9.16. The number of hydrogen-bond acceptors (Lipinski definition) is 4. The maximum atomic E-state index is 12.3. The molecule has 5 nitrogen and oxygen atoms in total. The molecule has 24 heavy (non-hydrogen) atoms. The molecule has 1 aromatic carbocycles. The van der Waals surface area contributed by atoms with Crippen LogP contribution >= 0.6 is 0 Å². The van der Waals surface area contributed by atoms with E-state index in [1.165, 1.54) is 5.56 Å². The van der Waals surface area contributed by atoms with Gasteiger partial charge in [-0.2, -0.15) is 0 Å². The number of nitrogens with zero attached hydrogens (tertiary/aromatic N) is 2. The molecule has 0 aromatic heterocycles. The summed E-state index contributed by atoms with van der Waals surface area (Å²) in [4.78, 5) is 17.0. The molecule has 2 rings (SSSR count). The van der Waals surface area contributed by atoms with Crippen LogP contribution in [0.1, 0.15) is 30.0 Å². The highest BCUT2D eigenvalue weighted by atomic mass is 16.2. The Morgan fingerprint density at radius 3 is 2.50 bits per heavy atom. The Labute approximate surface area is 146 Å². The Balaban J connectivity index is 1.70. The Morgan fingerprint density at radius 2 is 1.92 bits per heavy atom. The number of amides is 1. The van der Waals surface area contributed by atoms with E-state index < -0.39 is 6.04 Å². The smallest absolute Gasteiger partial charge is 0.241 e. The Hall–Kier alpha value is -1.43. The first-order valence-corrected chi connectivity index (χ1v) is 8.92. The lowest BCUT2D eigenvalue weighted by Gasteiger charge is -2.32. The number of hydrogen-bond donors (Lipinski definition) is 2. The number of likely N-dealkylation sites (N-methyl/N-ethyl adjacent to an activating group) is 1. The van der Waals surface area contributed by atoms with Crippen molar-refractivity contribution in [2.75, 3.05) is 46.8 Å². The number of nitrogens with one attached hydrogen (secondary N) is 1. The predicted octanol–water partition coefficient (Wildman–Crippen LogP) is 1.38. The highest BCUT2D eigenvalue weighted by Gasteiger charge is 2.21. The summed E-state index contributed by atoms with van der Waals surface area (Å²) in [6, 6.07) is 7.27. The predicted molar refractivity (Wildman–Crippen MR) is 98.8 cm³/mol. The molecule has 0 radical (unpaired) electrons. The van der Waals surface area contributed by atoms with Crippen molar-refractivity contribution in [2.24, 2.45) is 11.7 Å². The zero-order valence-electron chi connectivity index (χ0n) is 15.3. The van der Waals surface area contributed by atoms with E-state index in [9.17, 15) is 4.79 Å². The minimum Gasteiger partial charge on any atom is -0.354 e. The van der Waals surface area contributed by atoms with Gasteiger partial charge in [0.05, 0.1) is 0 Å². The van der Waals surface area contributed by atoms with Crippen molar-refractivity contribution < 1.29 is 4.79 Å². The lowest BCUT2D eigenvalue weighted by atomic mass is 9.96. The lowest BCUT2D eigenvalue weighted by Crippen LogP contribution is -2.42. The fraction of sp³-hybridized carbons (Fsp3) is 0.632. The van der Waals surface area contributed by atoms with Crippen LogP contribution in [0.5, 0.6) is 0 Å². The van der Waals surface area contributed by atoms with E-state index in [4.69, 9.17) is 5.73 Å². The normalized spacial score (nSPS) is 17.9. The summed E-state index contributed by atoms with van der Waals surface area (Å²) in [6.45, 7) is 7.24. The first-order chi connectivity index (χ1) is 11.5. The van der Waals surface area contributed by atoms with Gasteiger partial charge in [0.2, 0.25) is 5.91 Å². The van der Waals surface area contributed by atoms with Crippen molar-refractivity contribution in [3.8, 4) is 0 Å². The van der Waals surface area contributed by atoms with E-state index >= 15 is 0 Å². The molecule has 3 N–H and O–H groups in total. The molecule has 1 amide bonds. The SMILES string of the molecule is Cc1ccc(C(N)C(=O)NCC2CCN(CCN(C)C)CC2)cc1. The van der Waals surface area contributed by atoms with Gasteiger partial charge in [-0.3, -0.25) is 4.79 Å². The number of likely N-dealkylation sites (tertiary alicyclic amines) is 1. The molecule has 1 atom stereocenters. The first-order valence-electron chi connectivity index (χ1n) is 8.92. The Kier molecular flexibility index (Phi) is 7.21. The molecule has 134 valence electrons. The largest absolute Gasteiger partial charge is 0.354 e. The summed E-state index contributed by atoms with van der Waals surface area (Å²) in [6.07, 6.45) is 2.29. The van der Waals surface area contributed by atoms with Crippen LogP contribution in [0.15, 0.2) is 24.3 Å². The maximum absolute atomic E-state index is 12.3.